The van der Waals surface area contributed by atoms with Crippen molar-refractivity contribution in [3.8, 4) is 0 Å². The van der Waals surface area contributed by atoms with Crippen LogP contribution in [0.15, 0.2) is 18.3 Å². The molecule has 3 rings (SSSR count). The van der Waals surface area contributed by atoms with Gasteiger partial charge in [0.25, 0.3) is 0 Å². The van der Waals surface area contributed by atoms with E-state index >= 15 is 0 Å². The van der Waals surface area contributed by atoms with Crippen molar-refractivity contribution in [3.05, 3.63) is 29.3 Å². The molecule has 1 amide bonds. The molecule has 1 aliphatic rings. The highest BCUT2D eigenvalue weighted by Gasteiger charge is 2.28. The summed E-state index contributed by atoms with van der Waals surface area (Å²) >= 11 is 5.71. The highest BCUT2D eigenvalue weighted by molar-refractivity contribution is 6.31. The summed E-state index contributed by atoms with van der Waals surface area (Å²) in [5.74, 6) is -0.763. The maximum absolute atomic E-state index is 13.5. The summed E-state index contributed by atoms with van der Waals surface area (Å²) in [4.78, 5) is 16.2. The predicted octanol–water partition coefficient (Wildman–Crippen LogP) is 4.36. The van der Waals surface area contributed by atoms with E-state index in [0.717, 1.165) is 25.7 Å². The van der Waals surface area contributed by atoms with Gasteiger partial charge in [0.1, 0.15) is 0 Å². The predicted molar refractivity (Wildman–Crippen MR) is 84.7 cm³/mol. The lowest BCUT2D eigenvalue weighted by Crippen LogP contribution is -2.41. The second-order valence-electron chi connectivity index (χ2n) is 6.75. The van der Waals surface area contributed by atoms with Gasteiger partial charge in [-0.05, 0) is 43.2 Å². The summed E-state index contributed by atoms with van der Waals surface area (Å²) in [6, 6.07) is 3.08. The molecule has 0 aromatic carbocycles. The van der Waals surface area contributed by atoms with E-state index in [1.54, 1.807) is 12.3 Å². The number of amides is 1. The maximum Gasteiger partial charge on any atom is 0.327 e. The van der Waals surface area contributed by atoms with Gasteiger partial charge in [0.15, 0.2) is 5.65 Å². The molecule has 0 atom stereocenters. The molecular formula is C16H19ClFN3O. The average molecular weight is 324 g/mol. The van der Waals surface area contributed by atoms with Crippen LogP contribution < -0.4 is 5.32 Å². The Morgan fingerprint density at radius 2 is 2.14 bits per heavy atom. The highest BCUT2D eigenvalue weighted by Crippen LogP contribution is 2.35. The van der Waals surface area contributed by atoms with E-state index < -0.39 is 5.95 Å². The summed E-state index contributed by atoms with van der Waals surface area (Å²) < 4.78 is 14.9. The first-order valence-electron chi connectivity index (χ1n) is 7.50. The summed E-state index contributed by atoms with van der Waals surface area (Å²) in [6.07, 6.45) is 5.70. The van der Waals surface area contributed by atoms with Gasteiger partial charge in [-0.1, -0.05) is 25.4 Å². The van der Waals surface area contributed by atoms with Crippen molar-refractivity contribution < 1.29 is 9.18 Å². The number of hydrogen-bond acceptors (Lipinski definition) is 2. The number of nitrogens with one attached hydrogen (secondary N) is 1. The molecule has 0 bridgehead atoms. The van der Waals surface area contributed by atoms with Gasteiger partial charge in [-0.2, -0.15) is 9.37 Å². The van der Waals surface area contributed by atoms with Crippen LogP contribution in [0.5, 0.6) is 0 Å². The van der Waals surface area contributed by atoms with Crippen LogP contribution in [0.3, 0.4) is 0 Å². The topological polar surface area (TPSA) is 46.9 Å². The van der Waals surface area contributed by atoms with E-state index in [-0.39, 0.29) is 22.7 Å². The third-order valence-corrected chi connectivity index (χ3v) is 4.72. The van der Waals surface area contributed by atoms with E-state index in [9.17, 15) is 9.18 Å². The van der Waals surface area contributed by atoms with Crippen molar-refractivity contribution in [3.63, 3.8) is 0 Å². The number of carbonyl (C=O) groups excluding carboxylic acids is 1. The monoisotopic (exact) mass is 323 g/mol. The Morgan fingerprint density at radius 3 is 2.82 bits per heavy atom. The van der Waals surface area contributed by atoms with Gasteiger partial charge in [-0.15, -0.1) is 0 Å². The van der Waals surface area contributed by atoms with Crippen LogP contribution in [0, 0.1) is 11.4 Å². The molecule has 0 saturated heterocycles. The number of rotatable bonds is 1. The van der Waals surface area contributed by atoms with Crippen molar-refractivity contribution >= 4 is 28.7 Å². The fourth-order valence-electron chi connectivity index (χ4n) is 2.96. The number of aromatic nitrogens is 2. The molecule has 6 heteroatoms. The van der Waals surface area contributed by atoms with Gasteiger partial charge < -0.3 is 5.32 Å². The summed E-state index contributed by atoms with van der Waals surface area (Å²) in [6.45, 7) is 4.50. The number of carbonyl (C=O) groups is 1. The molecular weight excluding hydrogens is 305 g/mol. The van der Waals surface area contributed by atoms with Crippen LogP contribution in [0.1, 0.15) is 39.5 Å². The number of nitrogens with zero attached hydrogens (tertiary/aromatic N) is 2. The van der Waals surface area contributed by atoms with Gasteiger partial charge in [0.2, 0.25) is 5.95 Å². The standard InChI is InChI=1S/C16H19ClFN3O/c1-16(2)6-3-11(4-7-16)19-15(22)21-8-5-10-9-12(17)13(18)20-14(10)21/h5,8-9,11H,3-4,6-7H2,1-2H3,(H,19,22). The minimum Gasteiger partial charge on any atom is -0.335 e. The lowest BCUT2D eigenvalue weighted by molar-refractivity contribution is 0.199. The number of fused-ring (bicyclic) bond motifs is 1. The molecule has 118 valence electrons. The molecule has 1 saturated carbocycles. The molecule has 2 aromatic rings. The van der Waals surface area contributed by atoms with Crippen molar-refractivity contribution in [2.24, 2.45) is 5.41 Å². The molecule has 0 aliphatic heterocycles. The zero-order valence-electron chi connectivity index (χ0n) is 12.7. The third kappa shape index (κ3) is 2.95. The quantitative estimate of drug-likeness (QED) is 0.793. The van der Waals surface area contributed by atoms with Crippen molar-refractivity contribution in [2.75, 3.05) is 0 Å². The maximum atomic E-state index is 13.5. The highest BCUT2D eigenvalue weighted by atomic mass is 35.5. The Hall–Kier alpha value is -1.62. The van der Waals surface area contributed by atoms with E-state index in [2.05, 4.69) is 24.1 Å². The van der Waals surface area contributed by atoms with Crippen molar-refractivity contribution in [1.29, 1.82) is 0 Å². The van der Waals surface area contributed by atoms with Crippen LogP contribution in [0.4, 0.5) is 9.18 Å². The molecule has 1 aliphatic carbocycles. The second kappa shape index (κ2) is 5.54. The van der Waals surface area contributed by atoms with E-state index in [0.29, 0.717) is 10.8 Å². The molecule has 2 aromatic heterocycles. The smallest absolute Gasteiger partial charge is 0.327 e. The largest absolute Gasteiger partial charge is 0.335 e. The minimum atomic E-state index is -0.763. The first kappa shape index (κ1) is 15.3. The summed E-state index contributed by atoms with van der Waals surface area (Å²) in [7, 11) is 0. The van der Waals surface area contributed by atoms with Crippen LogP contribution >= 0.6 is 11.6 Å². The first-order chi connectivity index (χ1) is 10.4. The Kier molecular flexibility index (Phi) is 3.85. The van der Waals surface area contributed by atoms with E-state index in [1.807, 2.05) is 0 Å². The molecule has 1 fully saturated rings. The summed E-state index contributed by atoms with van der Waals surface area (Å²) in [5, 5.41) is 3.62. The van der Waals surface area contributed by atoms with Crippen LogP contribution in [-0.4, -0.2) is 21.6 Å². The average Bonchev–Trinajstić information content (AvgIpc) is 2.84. The van der Waals surface area contributed by atoms with Crippen molar-refractivity contribution in [2.45, 2.75) is 45.6 Å². The Morgan fingerprint density at radius 1 is 1.45 bits per heavy atom. The van der Waals surface area contributed by atoms with Crippen LogP contribution in [-0.2, 0) is 0 Å². The molecule has 0 spiro atoms. The fraction of sp³-hybridized carbons (Fsp3) is 0.500. The number of hydrogen-bond donors (Lipinski definition) is 1. The molecule has 22 heavy (non-hydrogen) atoms. The molecule has 2 heterocycles. The normalized spacial score (nSPS) is 18.5. The Labute approximate surface area is 133 Å². The molecule has 0 radical (unpaired) electrons. The van der Waals surface area contributed by atoms with Gasteiger partial charge in [0.05, 0.1) is 5.02 Å². The lowest BCUT2D eigenvalue weighted by Gasteiger charge is -2.34. The van der Waals surface area contributed by atoms with Gasteiger partial charge in [-0.25, -0.2) is 4.79 Å². The van der Waals surface area contributed by atoms with Gasteiger partial charge in [-0.3, -0.25) is 4.57 Å². The zero-order chi connectivity index (χ0) is 15.9. The van der Waals surface area contributed by atoms with E-state index in [1.165, 1.54) is 10.6 Å². The van der Waals surface area contributed by atoms with Crippen LogP contribution in [0.25, 0.3) is 11.0 Å². The second-order valence-corrected chi connectivity index (χ2v) is 7.15. The summed E-state index contributed by atoms with van der Waals surface area (Å²) in [5.41, 5.74) is 0.638. The minimum absolute atomic E-state index is 0.0415. The third-order valence-electron chi connectivity index (χ3n) is 4.46. The SMILES string of the molecule is CC1(C)CCC(NC(=O)n2ccc3cc(Cl)c(F)nc32)CC1. The molecule has 1 N–H and O–H groups in total. The Bertz CT molecular complexity index is 715. The van der Waals surface area contributed by atoms with Gasteiger partial charge in [0, 0.05) is 17.6 Å². The number of pyridine rings is 1. The van der Waals surface area contributed by atoms with E-state index in [4.69, 9.17) is 11.6 Å². The van der Waals surface area contributed by atoms with Gasteiger partial charge >= 0.3 is 6.03 Å². The Balaban J connectivity index is 1.77. The zero-order valence-corrected chi connectivity index (χ0v) is 13.5. The lowest BCUT2D eigenvalue weighted by atomic mass is 9.76. The molecule has 4 nitrogen and oxygen atoms in total. The van der Waals surface area contributed by atoms with Crippen LogP contribution in [0.2, 0.25) is 5.02 Å². The number of halogens is 2. The first-order valence-corrected chi connectivity index (χ1v) is 7.87. The molecule has 0 unspecified atom stereocenters. The van der Waals surface area contributed by atoms with Crippen molar-refractivity contribution in [1.82, 2.24) is 14.9 Å². The fourth-order valence-corrected chi connectivity index (χ4v) is 3.12.